The molecule has 6 nitrogen and oxygen atoms in total. The molecule has 2 rings (SSSR count). The number of piperazine rings is 1. The van der Waals surface area contributed by atoms with E-state index in [0.29, 0.717) is 39.2 Å². The molecule has 0 spiro atoms. The Kier molecular flexibility index (Phi) is 5.63. The lowest BCUT2D eigenvalue weighted by atomic mass is 10.3. The predicted molar refractivity (Wildman–Crippen MR) is 83.8 cm³/mol. The van der Waals surface area contributed by atoms with Crippen molar-refractivity contribution in [3.05, 3.63) is 30.3 Å². The fourth-order valence-electron chi connectivity index (χ4n) is 2.36. The van der Waals surface area contributed by atoms with Crippen LogP contribution in [0.25, 0.3) is 0 Å². The normalized spacial score (nSPS) is 14.6. The zero-order valence-electron chi connectivity index (χ0n) is 13.2. The molecule has 1 heterocycles. The SMILES string of the molecule is CN(C)C(=O)N1CCN(C(=O)CCOc2ccccc2)CC1. The highest BCUT2D eigenvalue weighted by Crippen LogP contribution is 2.10. The second kappa shape index (κ2) is 7.68. The molecule has 120 valence electrons. The molecule has 1 fully saturated rings. The van der Waals surface area contributed by atoms with Gasteiger partial charge in [0.1, 0.15) is 5.75 Å². The zero-order chi connectivity index (χ0) is 15.9. The summed E-state index contributed by atoms with van der Waals surface area (Å²) in [6.07, 6.45) is 0.358. The molecular weight excluding hydrogens is 282 g/mol. The predicted octanol–water partition coefficient (Wildman–Crippen LogP) is 1.28. The number of hydrogen-bond donors (Lipinski definition) is 0. The van der Waals surface area contributed by atoms with Gasteiger partial charge in [0.25, 0.3) is 0 Å². The molecule has 1 aromatic carbocycles. The summed E-state index contributed by atoms with van der Waals surface area (Å²) in [6, 6.07) is 9.47. The monoisotopic (exact) mass is 305 g/mol. The number of amides is 3. The standard InChI is InChI=1S/C16H23N3O3/c1-17(2)16(21)19-11-9-18(10-12-19)15(20)8-13-22-14-6-4-3-5-7-14/h3-7H,8-13H2,1-2H3. The van der Waals surface area contributed by atoms with Gasteiger partial charge in [-0.2, -0.15) is 0 Å². The van der Waals surface area contributed by atoms with Crippen LogP contribution < -0.4 is 4.74 Å². The van der Waals surface area contributed by atoms with E-state index >= 15 is 0 Å². The number of ether oxygens (including phenoxy) is 1. The molecule has 3 amide bonds. The van der Waals surface area contributed by atoms with Crippen molar-refractivity contribution in [2.24, 2.45) is 0 Å². The van der Waals surface area contributed by atoms with Gasteiger partial charge in [0, 0.05) is 40.3 Å². The summed E-state index contributed by atoms with van der Waals surface area (Å²) in [5.74, 6) is 0.851. The smallest absolute Gasteiger partial charge is 0.319 e. The first-order valence-electron chi connectivity index (χ1n) is 7.50. The van der Waals surface area contributed by atoms with Crippen LogP contribution in [-0.2, 0) is 4.79 Å². The summed E-state index contributed by atoms with van der Waals surface area (Å²) in [6.45, 7) is 2.72. The lowest BCUT2D eigenvalue weighted by Gasteiger charge is -2.36. The number of carbonyl (C=O) groups is 2. The van der Waals surface area contributed by atoms with Crippen molar-refractivity contribution in [3.63, 3.8) is 0 Å². The van der Waals surface area contributed by atoms with Crippen LogP contribution in [-0.4, -0.2) is 73.5 Å². The topological polar surface area (TPSA) is 53.1 Å². The van der Waals surface area contributed by atoms with E-state index in [0.717, 1.165) is 5.75 Å². The Bertz CT molecular complexity index is 497. The van der Waals surface area contributed by atoms with Crippen LogP contribution in [0.4, 0.5) is 4.79 Å². The average molecular weight is 305 g/mol. The number of rotatable bonds is 4. The third kappa shape index (κ3) is 4.38. The van der Waals surface area contributed by atoms with Crippen molar-refractivity contribution < 1.29 is 14.3 Å². The molecule has 0 bridgehead atoms. The van der Waals surface area contributed by atoms with Gasteiger partial charge in [0.05, 0.1) is 13.0 Å². The maximum atomic E-state index is 12.1. The van der Waals surface area contributed by atoms with Gasteiger partial charge in [-0.3, -0.25) is 4.79 Å². The van der Waals surface area contributed by atoms with E-state index in [1.54, 1.807) is 28.8 Å². The Morgan fingerprint density at radius 3 is 2.23 bits per heavy atom. The lowest BCUT2D eigenvalue weighted by molar-refractivity contribution is -0.133. The molecule has 22 heavy (non-hydrogen) atoms. The summed E-state index contributed by atoms with van der Waals surface area (Å²) in [7, 11) is 3.47. The Balaban J connectivity index is 1.70. The van der Waals surface area contributed by atoms with E-state index in [9.17, 15) is 9.59 Å². The van der Waals surface area contributed by atoms with Gasteiger partial charge in [0.2, 0.25) is 5.91 Å². The van der Waals surface area contributed by atoms with E-state index in [-0.39, 0.29) is 11.9 Å². The molecule has 0 aliphatic carbocycles. The molecule has 6 heteroatoms. The van der Waals surface area contributed by atoms with Crippen LogP contribution >= 0.6 is 0 Å². The molecule has 1 aromatic rings. The number of carbonyl (C=O) groups excluding carboxylic acids is 2. The van der Waals surface area contributed by atoms with Gasteiger partial charge in [-0.1, -0.05) is 18.2 Å². The number of urea groups is 1. The first kappa shape index (κ1) is 16.1. The highest BCUT2D eigenvalue weighted by molar-refractivity contribution is 5.77. The molecular formula is C16H23N3O3. The highest BCUT2D eigenvalue weighted by Gasteiger charge is 2.24. The van der Waals surface area contributed by atoms with Crippen LogP contribution in [0.1, 0.15) is 6.42 Å². The minimum Gasteiger partial charge on any atom is -0.493 e. The Morgan fingerprint density at radius 1 is 1.05 bits per heavy atom. The Morgan fingerprint density at radius 2 is 1.64 bits per heavy atom. The first-order valence-corrected chi connectivity index (χ1v) is 7.50. The molecule has 0 atom stereocenters. The molecule has 1 saturated heterocycles. The van der Waals surface area contributed by atoms with Gasteiger partial charge in [-0.25, -0.2) is 4.79 Å². The minimum absolute atomic E-state index is 0.000454. The van der Waals surface area contributed by atoms with Gasteiger partial charge in [-0.15, -0.1) is 0 Å². The van der Waals surface area contributed by atoms with Crippen molar-refractivity contribution in [1.29, 1.82) is 0 Å². The van der Waals surface area contributed by atoms with Gasteiger partial charge in [-0.05, 0) is 12.1 Å². The van der Waals surface area contributed by atoms with E-state index in [1.165, 1.54) is 0 Å². The second-order valence-electron chi connectivity index (χ2n) is 5.46. The first-order chi connectivity index (χ1) is 10.6. The summed E-state index contributed by atoms with van der Waals surface area (Å²) in [5.41, 5.74) is 0. The largest absolute Gasteiger partial charge is 0.493 e. The number of benzene rings is 1. The third-order valence-electron chi connectivity index (χ3n) is 3.61. The summed E-state index contributed by atoms with van der Waals surface area (Å²) in [5, 5.41) is 0. The minimum atomic E-state index is -0.000454. The molecule has 0 N–H and O–H groups in total. The van der Waals surface area contributed by atoms with Crippen molar-refractivity contribution in [2.75, 3.05) is 46.9 Å². The van der Waals surface area contributed by atoms with Crippen molar-refractivity contribution in [2.45, 2.75) is 6.42 Å². The molecule has 1 aliphatic heterocycles. The van der Waals surface area contributed by atoms with Gasteiger partial charge in [0.15, 0.2) is 0 Å². The summed E-state index contributed by atoms with van der Waals surface area (Å²) >= 11 is 0. The Labute approximate surface area is 131 Å². The second-order valence-corrected chi connectivity index (χ2v) is 5.46. The molecule has 0 saturated carbocycles. The fourth-order valence-corrected chi connectivity index (χ4v) is 2.36. The Hall–Kier alpha value is -2.24. The lowest BCUT2D eigenvalue weighted by Crippen LogP contribution is -2.53. The number of nitrogens with zero attached hydrogens (tertiary/aromatic N) is 3. The van der Waals surface area contributed by atoms with Crippen LogP contribution in [0, 0.1) is 0 Å². The summed E-state index contributed by atoms with van der Waals surface area (Å²) in [4.78, 5) is 29.1. The zero-order valence-corrected chi connectivity index (χ0v) is 13.2. The number of para-hydroxylation sites is 1. The fraction of sp³-hybridized carbons (Fsp3) is 0.500. The van der Waals surface area contributed by atoms with E-state index in [4.69, 9.17) is 4.74 Å². The molecule has 0 unspecified atom stereocenters. The van der Waals surface area contributed by atoms with Gasteiger partial charge >= 0.3 is 6.03 Å². The van der Waals surface area contributed by atoms with Crippen molar-refractivity contribution in [3.8, 4) is 5.75 Å². The summed E-state index contributed by atoms with van der Waals surface area (Å²) < 4.78 is 5.54. The van der Waals surface area contributed by atoms with Crippen molar-refractivity contribution >= 4 is 11.9 Å². The average Bonchev–Trinajstić information content (AvgIpc) is 2.55. The quantitative estimate of drug-likeness (QED) is 0.842. The molecule has 0 aromatic heterocycles. The number of hydrogen-bond acceptors (Lipinski definition) is 3. The van der Waals surface area contributed by atoms with Crippen LogP contribution in [0.5, 0.6) is 5.75 Å². The van der Waals surface area contributed by atoms with Gasteiger partial charge < -0.3 is 19.4 Å². The highest BCUT2D eigenvalue weighted by atomic mass is 16.5. The maximum absolute atomic E-state index is 12.1. The van der Waals surface area contributed by atoms with Crippen LogP contribution in [0.2, 0.25) is 0 Å². The van der Waals surface area contributed by atoms with E-state index < -0.39 is 0 Å². The molecule has 1 aliphatic rings. The van der Waals surface area contributed by atoms with E-state index in [1.807, 2.05) is 30.3 Å². The maximum Gasteiger partial charge on any atom is 0.319 e. The van der Waals surface area contributed by atoms with Crippen LogP contribution in [0.15, 0.2) is 30.3 Å². The van der Waals surface area contributed by atoms with Crippen LogP contribution in [0.3, 0.4) is 0 Å². The van der Waals surface area contributed by atoms with E-state index in [2.05, 4.69) is 0 Å². The van der Waals surface area contributed by atoms with Crippen molar-refractivity contribution in [1.82, 2.24) is 14.7 Å². The third-order valence-corrected chi connectivity index (χ3v) is 3.61. The molecule has 0 radical (unpaired) electrons.